The van der Waals surface area contributed by atoms with Crippen LogP contribution in [0, 0.1) is 0 Å². The van der Waals surface area contributed by atoms with Crippen molar-refractivity contribution in [1.29, 1.82) is 0 Å². The lowest BCUT2D eigenvalue weighted by atomic mass is 10.1. The monoisotopic (exact) mass is 472 g/mol. The third-order valence-electron chi connectivity index (χ3n) is 3.93. The molecule has 0 radical (unpaired) electrons. The number of sulfonamides is 1. The number of hydrogen-bond acceptors (Lipinski definition) is 3. The molecule has 2 aromatic rings. The first-order valence-electron chi connectivity index (χ1n) is 8.50. The average Bonchev–Trinajstić information content (AvgIpc) is 2.60. The summed E-state index contributed by atoms with van der Waals surface area (Å²) in [5.41, 5.74) is 1.68. The zero-order chi connectivity index (χ0) is 19.9. The molecule has 0 atom stereocenters. The minimum absolute atomic E-state index is 0.0896. The van der Waals surface area contributed by atoms with Crippen LogP contribution in [-0.2, 0) is 21.2 Å². The summed E-state index contributed by atoms with van der Waals surface area (Å²) in [7, 11) is -3.41. The van der Waals surface area contributed by atoms with E-state index in [9.17, 15) is 13.2 Å². The Morgan fingerprint density at radius 3 is 2.33 bits per heavy atom. The average molecular weight is 474 g/mol. The Morgan fingerprint density at radius 1 is 1.11 bits per heavy atom. The second-order valence-corrected chi connectivity index (χ2v) is 9.40. The van der Waals surface area contributed by atoms with Gasteiger partial charge in [-0.1, -0.05) is 39.7 Å². The van der Waals surface area contributed by atoms with Gasteiger partial charge in [-0.25, -0.2) is 8.42 Å². The van der Waals surface area contributed by atoms with Crippen molar-refractivity contribution in [3.8, 4) is 0 Å². The SMILES string of the molecule is CS(=O)(=O)N(CCCC(=O)NCCc1ccc(Cl)cc1)c1ccc(Br)cc1. The Balaban J connectivity index is 1.79. The highest BCUT2D eigenvalue weighted by Crippen LogP contribution is 2.21. The molecule has 0 unspecified atom stereocenters. The fraction of sp³-hybridized carbons (Fsp3) is 0.316. The van der Waals surface area contributed by atoms with Gasteiger partial charge in [-0.3, -0.25) is 9.10 Å². The van der Waals surface area contributed by atoms with Crippen molar-refractivity contribution in [1.82, 2.24) is 5.32 Å². The van der Waals surface area contributed by atoms with Crippen LogP contribution in [0.1, 0.15) is 18.4 Å². The molecule has 0 spiro atoms. The molecule has 0 aliphatic rings. The van der Waals surface area contributed by atoms with E-state index in [2.05, 4.69) is 21.2 Å². The van der Waals surface area contributed by atoms with E-state index in [1.165, 1.54) is 10.6 Å². The molecule has 1 amide bonds. The second-order valence-electron chi connectivity index (χ2n) is 6.14. The molecule has 0 bridgehead atoms. The van der Waals surface area contributed by atoms with Crippen LogP contribution in [0.5, 0.6) is 0 Å². The molecule has 2 aromatic carbocycles. The molecule has 0 aromatic heterocycles. The first-order chi connectivity index (χ1) is 12.8. The van der Waals surface area contributed by atoms with E-state index < -0.39 is 10.0 Å². The van der Waals surface area contributed by atoms with Gasteiger partial charge in [-0.05, 0) is 54.8 Å². The van der Waals surface area contributed by atoms with Crippen molar-refractivity contribution in [2.24, 2.45) is 0 Å². The maximum absolute atomic E-state index is 12.0. The standard InChI is InChI=1S/C19H22BrClN2O3S/c1-27(25,26)23(18-10-6-16(20)7-11-18)14-2-3-19(24)22-13-12-15-4-8-17(21)9-5-15/h4-11H,2-3,12-14H2,1H3,(H,22,24). The van der Waals surface area contributed by atoms with Crippen LogP contribution in [0.15, 0.2) is 53.0 Å². The number of nitrogens with zero attached hydrogens (tertiary/aromatic N) is 1. The summed E-state index contributed by atoms with van der Waals surface area (Å²) in [6.07, 6.45) is 2.59. The van der Waals surface area contributed by atoms with Crippen LogP contribution in [0.3, 0.4) is 0 Å². The molecule has 0 aliphatic carbocycles. The predicted octanol–water partition coefficient (Wildman–Crippen LogP) is 4.01. The molecule has 146 valence electrons. The van der Waals surface area contributed by atoms with Gasteiger partial charge in [0.1, 0.15) is 0 Å². The molecule has 0 aliphatic heterocycles. The van der Waals surface area contributed by atoms with Gasteiger partial charge in [-0.2, -0.15) is 0 Å². The summed E-state index contributed by atoms with van der Waals surface area (Å²) in [6.45, 7) is 0.786. The maximum Gasteiger partial charge on any atom is 0.232 e. The number of anilines is 1. The lowest BCUT2D eigenvalue weighted by molar-refractivity contribution is -0.121. The lowest BCUT2D eigenvalue weighted by Gasteiger charge is -2.22. The number of hydrogen-bond donors (Lipinski definition) is 1. The Bertz CT molecular complexity index is 856. The number of benzene rings is 2. The van der Waals surface area contributed by atoms with Gasteiger partial charge in [0.2, 0.25) is 15.9 Å². The van der Waals surface area contributed by atoms with E-state index in [1.807, 2.05) is 24.3 Å². The van der Waals surface area contributed by atoms with E-state index in [1.54, 1.807) is 24.3 Å². The number of nitrogens with one attached hydrogen (secondary N) is 1. The second kappa shape index (κ2) is 10.1. The summed E-state index contributed by atoms with van der Waals surface area (Å²) in [5, 5.41) is 3.54. The zero-order valence-electron chi connectivity index (χ0n) is 15.0. The largest absolute Gasteiger partial charge is 0.356 e. The third kappa shape index (κ3) is 7.52. The van der Waals surface area contributed by atoms with Crippen molar-refractivity contribution >= 4 is 49.1 Å². The topological polar surface area (TPSA) is 66.5 Å². The van der Waals surface area contributed by atoms with E-state index >= 15 is 0 Å². The minimum Gasteiger partial charge on any atom is -0.356 e. The van der Waals surface area contributed by atoms with Crippen molar-refractivity contribution in [2.75, 3.05) is 23.7 Å². The summed E-state index contributed by atoms with van der Waals surface area (Å²) >= 11 is 9.18. The van der Waals surface area contributed by atoms with Crippen LogP contribution in [0.25, 0.3) is 0 Å². The third-order valence-corrected chi connectivity index (χ3v) is 5.90. The van der Waals surface area contributed by atoms with Crippen molar-refractivity contribution < 1.29 is 13.2 Å². The quantitative estimate of drug-likeness (QED) is 0.598. The number of rotatable bonds is 9. The van der Waals surface area contributed by atoms with Gasteiger partial charge in [-0.15, -0.1) is 0 Å². The van der Waals surface area contributed by atoms with Crippen LogP contribution in [-0.4, -0.2) is 33.7 Å². The van der Waals surface area contributed by atoms with E-state index in [0.717, 1.165) is 16.5 Å². The Morgan fingerprint density at radius 2 is 1.74 bits per heavy atom. The van der Waals surface area contributed by atoms with E-state index in [-0.39, 0.29) is 18.9 Å². The highest BCUT2D eigenvalue weighted by Gasteiger charge is 2.17. The first kappa shape index (κ1) is 21.7. The normalized spacial score (nSPS) is 11.2. The Hall–Kier alpha value is -1.57. The van der Waals surface area contributed by atoms with Gasteiger partial charge >= 0.3 is 0 Å². The molecule has 0 saturated heterocycles. The number of amides is 1. The summed E-state index contributed by atoms with van der Waals surface area (Å²) in [5.74, 6) is -0.0896. The molecule has 27 heavy (non-hydrogen) atoms. The molecule has 0 heterocycles. The molecule has 8 heteroatoms. The molecule has 2 rings (SSSR count). The first-order valence-corrected chi connectivity index (χ1v) is 11.5. The molecule has 0 saturated carbocycles. The Labute approximate surface area is 173 Å². The van der Waals surface area contributed by atoms with E-state index in [4.69, 9.17) is 11.6 Å². The fourth-order valence-corrected chi connectivity index (χ4v) is 3.92. The van der Waals surface area contributed by atoms with Crippen molar-refractivity contribution in [3.63, 3.8) is 0 Å². The molecular weight excluding hydrogens is 452 g/mol. The molecule has 0 fully saturated rings. The van der Waals surface area contributed by atoms with Gasteiger partial charge in [0, 0.05) is 29.0 Å². The highest BCUT2D eigenvalue weighted by molar-refractivity contribution is 9.10. The zero-order valence-corrected chi connectivity index (χ0v) is 18.1. The lowest BCUT2D eigenvalue weighted by Crippen LogP contribution is -2.32. The Kier molecular flexibility index (Phi) is 8.13. The van der Waals surface area contributed by atoms with Crippen LogP contribution >= 0.6 is 27.5 Å². The van der Waals surface area contributed by atoms with Crippen LogP contribution in [0.2, 0.25) is 5.02 Å². The summed E-state index contributed by atoms with van der Waals surface area (Å²) in [6, 6.07) is 14.5. The highest BCUT2D eigenvalue weighted by atomic mass is 79.9. The smallest absolute Gasteiger partial charge is 0.232 e. The maximum atomic E-state index is 12.0. The minimum atomic E-state index is -3.41. The number of carbonyl (C=O) groups excluding carboxylic acids is 1. The molecular formula is C19H22BrClN2O3S. The molecule has 1 N–H and O–H groups in total. The summed E-state index contributed by atoms with van der Waals surface area (Å²) in [4.78, 5) is 12.0. The van der Waals surface area contributed by atoms with Crippen LogP contribution < -0.4 is 9.62 Å². The van der Waals surface area contributed by atoms with Gasteiger partial charge in [0.05, 0.1) is 11.9 Å². The fourth-order valence-electron chi connectivity index (χ4n) is 2.56. The number of carbonyl (C=O) groups is 1. The van der Waals surface area contributed by atoms with Crippen molar-refractivity contribution in [2.45, 2.75) is 19.3 Å². The van der Waals surface area contributed by atoms with Crippen LogP contribution in [0.4, 0.5) is 5.69 Å². The van der Waals surface area contributed by atoms with Gasteiger partial charge in [0.15, 0.2) is 0 Å². The summed E-state index contributed by atoms with van der Waals surface area (Å²) < 4.78 is 26.3. The van der Waals surface area contributed by atoms with Crippen molar-refractivity contribution in [3.05, 3.63) is 63.6 Å². The van der Waals surface area contributed by atoms with Gasteiger partial charge < -0.3 is 5.32 Å². The molecule has 5 nitrogen and oxygen atoms in total. The predicted molar refractivity (Wildman–Crippen MR) is 114 cm³/mol. The number of halogens is 2. The van der Waals surface area contributed by atoms with Gasteiger partial charge in [0.25, 0.3) is 0 Å². The van der Waals surface area contributed by atoms with E-state index in [0.29, 0.717) is 23.7 Å².